The van der Waals surface area contributed by atoms with E-state index in [1.807, 2.05) is 6.07 Å². The maximum Gasteiger partial charge on any atom is 0.573 e. The molecule has 6 nitrogen and oxygen atoms in total. The van der Waals surface area contributed by atoms with Crippen molar-refractivity contribution < 1.29 is 32.2 Å². The number of benzene rings is 2. The van der Waals surface area contributed by atoms with Crippen LogP contribution in [0.25, 0.3) is 0 Å². The minimum Gasteiger partial charge on any atom is -0.490 e. The number of halogens is 3. The molecule has 0 saturated heterocycles. The van der Waals surface area contributed by atoms with Crippen molar-refractivity contribution in [2.75, 3.05) is 11.9 Å². The summed E-state index contributed by atoms with van der Waals surface area (Å²) in [6.07, 6.45) is -1.56. The van der Waals surface area contributed by atoms with Crippen LogP contribution in [0, 0.1) is 0 Å². The van der Waals surface area contributed by atoms with Crippen LogP contribution >= 0.6 is 0 Å². The van der Waals surface area contributed by atoms with Crippen LogP contribution in [-0.2, 0) is 6.61 Å². The van der Waals surface area contributed by atoms with Crippen molar-refractivity contribution in [2.45, 2.75) is 19.9 Å². The van der Waals surface area contributed by atoms with Gasteiger partial charge in [-0.2, -0.15) is 0 Å². The third-order valence-corrected chi connectivity index (χ3v) is 3.98. The number of nitrogens with zero attached hydrogens (tertiary/aromatic N) is 1. The van der Waals surface area contributed by atoms with Crippen LogP contribution in [0.3, 0.4) is 0 Å². The summed E-state index contributed by atoms with van der Waals surface area (Å²) in [6, 6.07) is 13.4. The van der Waals surface area contributed by atoms with E-state index in [1.165, 1.54) is 30.3 Å². The van der Waals surface area contributed by atoms with E-state index in [1.54, 1.807) is 31.5 Å². The van der Waals surface area contributed by atoms with Gasteiger partial charge in [-0.15, -0.1) is 13.2 Å². The fourth-order valence-electron chi connectivity index (χ4n) is 2.66. The predicted octanol–water partition coefficient (Wildman–Crippen LogP) is 5.21. The monoisotopic (exact) mass is 432 g/mol. The lowest BCUT2D eigenvalue weighted by Gasteiger charge is -2.15. The zero-order valence-electron chi connectivity index (χ0n) is 16.5. The average molecular weight is 432 g/mol. The van der Waals surface area contributed by atoms with Crippen molar-refractivity contribution in [1.29, 1.82) is 0 Å². The highest BCUT2D eigenvalue weighted by molar-refractivity contribution is 6.05. The zero-order valence-corrected chi connectivity index (χ0v) is 16.5. The summed E-state index contributed by atoms with van der Waals surface area (Å²) in [5.74, 6) is -0.385. The average Bonchev–Trinajstić information content (AvgIpc) is 2.74. The standard InChI is InChI=1S/C22H19F3N2O4/c1-2-29-20-12-16(9-10-19(20)30-14-15-6-5-11-26-13-15)21(28)27-17-7-3-4-8-18(17)31-22(23,24)25/h3-13H,2,14H2,1H3,(H,27,28). The summed E-state index contributed by atoms with van der Waals surface area (Å²) in [4.78, 5) is 16.6. The predicted molar refractivity (Wildman–Crippen MR) is 107 cm³/mol. The van der Waals surface area contributed by atoms with Crippen molar-refractivity contribution >= 4 is 11.6 Å². The van der Waals surface area contributed by atoms with Crippen LogP contribution < -0.4 is 19.5 Å². The van der Waals surface area contributed by atoms with Gasteiger partial charge in [0.25, 0.3) is 5.91 Å². The Hall–Kier alpha value is -3.75. The van der Waals surface area contributed by atoms with Crippen LogP contribution in [0.15, 0.2) is 67.0 Å². The molecule has 0 aliphatic carbocycles. The van der Waals surface area contributed by atoms with Gasteiger partial charge in [0.05, 0.1) is 12.3 Å². The second kappa shape index (κ2) is 9.84. The summed E-state index contributed by atoms with van der Waals surface area (Å²) in [6.45, 7) is 2.36. The Labute approximate surface area is 176 Å². The van der Waals surface area contributed by atoms with Gasteiger partial charge in [0, 0.05) is 23.5 Å². The van der Waals surface area contributed by atoms with Gasteiger partial charge in [0.1, 0.15) is 6.61 Å². The van der Waals surface area contributed by atoms with E-state index < -0.39 is 18.0 Å². The van der Waals surface area contributed by atoms with Gasteiger partial charge in [-0.1, -0.05) is 18.2 Å². The molecule has 0 unspecified atom stereocenters. The molecule has 0 radical (unpaired) electrons. The first-order chi connectivity index (χ1) is 14.9. The molecule has 162 valence electrons. The number of anilines is 1. The van der Waals surface area contributed by atoms with Gasteiger partial charge in [0.15, 0.2) is 17.2 Å². The molecule has 31 heavy (non-hydrogen) atoms. The Balaban J connectivity index is 1.77. The molecular formula is C22H19F3N2O4. The summed E-state index contributed by atoms with van der Waals surface area (Å²) >= 11 is 0. The number of hydrogen-bond acceptors (Lipinski definition) is 5. The molecule has 3 rings (SSSR count). The molecule has 2 aromatic carbocycles. The molecule has 1 heterocycles. The molecule has 0 fully saturated rings. The molecule has 0 spiro atoms. The first kappa shape index (κ1) is 21.9. The van der Waals surface area contributed by atoms with Crippen molar-refractivity contribution in [3.63, 3.8) is 0 Å². The first-order valence-electron chi connectivity index (χ1n) is 9.30. The number of carbonyl (C=O) groups excluding carboxylic acids is 1. The third-order valence-electron chi connectivity index (χ3n) is 3.98. The summed E-state index contributed by atoms with van der Waals surface area (Å²) < 4.78 is 53.1. The van der Waals surface area contributed by atoms with E-state index in [2.05, 4.69) is 15.0 Å². The Bertz CT molecular complexity index is 1030. The highest BCUT2D eigenvalue weighted by Crippen LogP contribution is 2.32. The second-order valence-electron chi connectivity index (χ2n) is 6.24. The number of alkyl halides is 3. The lowest BCUT2D eigenvalue weighted by Crippen LogP contribution is -2.19. The van der Waals surface area contributed by atoms with E-state index in [0.717, 1.165) is 11.6 Å². The molecule has 1 aromatic heterocycles. The van der Waals surface area contributed by atoms with E-state index in [-0.39, 0.29) is 17.9 Å². The Kier molecular flexibility index (Phi) is 6.96. The number of amides is 1. The summed E-state index contributed by atoms with van der Waals surface area (Å²) in [5.41, 5.74) is 0.923. The van der Waals surface area contributed by atoms with Gasteiger partial charge in [-0.25, -0.2) is 0 Å². The Morgan fingerprint density at radius 2 is 1.81 bits per heavy atom. The molecule has 0 atom stereocenters. The molecule has 9 heteroatoms. The minimum absolute atomic E-state index is 0.111. The molecule has 0 aliphatic rings. The normalized spacial score (nSPS) is 11.0. The highest BCUT2D eigenvalue weighted by atomic mass is 19.4. The highest BCUT2D eigenvalue weighted by Gasteiger charge is 2.32. The SMILES string of the molecule is CCOc1cc(C(=O)Nc2ccccc2OC(F)(F)F)ccc1OCc1cccnc1. The zero-order chi connectivity index (χ0) is 22.3. The second-order valence-corrected chi connectivity index (χ2v) is 6.24. The largest absolute Gasteiger partial charge is 0.573 e. The maximum atomic E-state index is 12.6. The molecule has 0 saturated carbocycles. The Morgan fingerprint density at radius 1 is 1.00 bits per heavy atom. The number of nitrogens with one attached hydrogen (secondary N) is 1. The maximum absolute atomic E-state index is 12.6. The minimum atomic E-state index is -4.88. The fourth-order valence-corrected chi connectivity index (χ4v) is 2.66. The van der Waals surface area contributed by atoms with Crippen LogP contribution in [-0.4, -0.2) is 23.9 Å². The van der Waals surface area contributed by atoms with Crippen LogP contribution in [0.4, 0.5) is 18.9 Å². The number of carbonyl (C=O) groups is 1. The van der Waals surface area contributed by atoms with E-state index in [0.29, 0.717) is 18.1 Å². The number of hydrogen-bond donors (Lipinski definition) is 1. The van der Waals surface area contributed by atoms with E-state index >= 15 is 0 Å². The molecule has 1 N–H and O–H groups in total. The van der Waals surface area contributed by atoms with E-state index in [9.17, 15) is 18.0 Å². The van der Waals surface area contributed by atoms with E-state index in [4.69, 9.17) is 9.47 Å². The lowest BCUT2D eigenvalue weighted by molar-refractivity contribution is -0.274. The van der Waals surface area contributed by atoms with Gasteiger partial charge < -0.3 is 19.5 Å². The van der Waals surface area contributed by atoms with Crippen molar-refractivity contribution in [3.8, 4) is 17.2 Å². The van der Waals surface area contributed by atoms with Crippen LogP contribution in [0.5, 0.6) is 17.2 Å². The first-order valence-corrected chi connectivity index (χ1v) is 9.30. The van der Waals surface area contributed by atoms with Gasteiger partial charge >= 0.3 is 6.36 Å². The Morgan fingerprint density at radius 3 is 2.52 bits per heavy atom. The van der Waals surface area contributed by atoms with Gasteiger partial charge in [-0.3, -0.25) is 9.78 Å². The number of rotatable bonds is 8. The van der Waals surface area contributed by atoms with Gasteiger partial charge in [-0.05, 0) is 43.3 Å². The van der Waals surface area contributed by atoms with Crippen molar-refractivity contribution in [2.24, 2.45) is 0 Å². The lowest BCUT2D eigenvalue weighted by atomic mass is 10.1. The summed E-state index contributed by atoms with van der Waals surface area (Å²) in [7, 11) is 0. The number of para-hydroxylation sites is 2. The fraction of sp³-hybridized carbons (Fsp3) is 0.182. The molecule has 0 bridgehead atoms. The number of aromatic nitrogens is 1. The topological polar surface area (TPSA) is 69.7 Å². The van der Waals surface area contributed by atoms with Crippen LogP contribution in [0.2, 0.25) is 0 Å². The summed E-state index contributed by atoms with van der Waals surface area (Å²) in [5, 5.41) is 2.43. The van der Waals surface area contributed by atoms with Crippen molar-refractivity contribution in [1.82, 2.24) is 4.98 Å². The van der Waals surface area contributed by atoms with Gasteiger partial charge in [0.2, 0.25) is 0 Å². The van der Waals surface area contributed by atoms with Crippen molar-refractivity contribution in [3.05, 3.63) is 78.1 Å². The number of pyridine rings is 1. The van der Waals surface area contributed by atoms with Crippen LogP contribution in [0.1, 0.15) is 22.8 Å². The number of ether oxygens (including phenoxy) is 3. The molecular weight excluding hydrogens is 413 g/mol. The third kappa shape index (κ3) is 6.36. The smallest absolute Gasteiger partial charge is 0.490 e. The molecule has 3 aromatic rings. The quantitative estimate of drug-likeness (QED) is 0.529. The molecule has 0 aliphatic heterocycles. The molecule has 1 amide bonds.